The van der Waals surface area contributed by atoms with Gasteiger partial charge in [0.2, 0.25) is 0 Å². The van der Waals surface area contributed by atoms with Crippen molar-refractivity contribution in [2.24, 2.45) is 0 Å². The van der Waals surface area contributed by atoms with Crippen LogP contribution >= 0.6 is 0 Å². The molecule has 6 nitrogen and oxygen atoms in total. The third-order valence-corrected chi connectivity index (χ3v) is 10.3. The van der Waals surface area contributed by atoms with Gasteiger partial charge in [0.05, 0.1) is 22.4 Å². The zero-order valence-electron chi connectivity index (χ0n) is 29.4. The molecular formula is C36H50B3NO5. The summed E-state index contributed by atoms with van der Waals surface area (Å²) in [5, 5.41) is 0. The van der Waals surface area contributed by atoms with E-state index in [2.05, 4.69) is 161 Å². The number of rotatable bonds is 9. The monoisotopic (exact) mass is 609 g/mol. The predicted molar refractivity (Wildman–Crippen MR) is 189 cm³/mol. The Bertz CT molecular complexity index is 1360. The average Bonchev–Trinajstić information content (AvgIpc) is 3.33. The van der Waals surface area contributed by atoms with Crippen LogP contribution in [0.4, 0.5) is 17.1 Å². The number of nitrogens with zero attached hydrogens (tertiary/aromatic N) is 1. The Morgan fingerprint density at radius 2 is 0.911 bits per heavy atom. The molecule has 2 saturated heterocycles. The molecule has 0 N–H and O–H groups in total. The van der Waals surface area contributed by atoms with Gasteiger partial charge < -0.3 is 28.2 Å². The van der Waals surface area contributed by atoms with Gasteiger partial charge in [0.25, 0.3) is 0 Å². The molecule has 238 valence electrons. The van der Waals surface area contributed by atoms with E-state index in [0.29, 0.717) is 0 Å². The first kappa shape index (κ1) is 33.8. The van der Waals surface area contributed by atoms with Gasteiger partial charge in [0.1, 0.15) is 0 Å². The Morgan fingerprint density at radius 1 is 0.600 bits per heavy atom. The molecule has 0 radical (unpaired) electrons. The van der Waals surface area contributed by atoms with Gasteiger partial charge in [-0.15, -0.1) is 0 Å². The molecule has 3 aromatic rings. The summed E-state index contributed by atoms with van der Waals surface area (Å²) in [6.45, 7) is 25.2. The minimum atomic E-state index is -0.412. The number of hydrogen-bond donors (Lipinski definition) is 0. The summed E-state index contributed by atoms with van der Waals surface area (Å²) in [5.41, 5.74) is 4.49. The van der Waals surface area contributed by atoms with Crippen molar-refractivity contribution in [2.45, 2.75) is 117 Å². The molecule has 0 unspecified atom stereocenters. The maximum Gasteiger partial charge on any atom is 0.494 e. The lowest BCUT2D eigenvalue weighted by atomic mass is 9.63. The molecule has 0 aliphatic carbocycles. The van der Waals surface area contributed by atoms with Gasteiger partial charge in [0.15, 0.2) is 0 Å². The maximum atomic E-state index is 6.36. The summed E-state index contributed by atoms with van der Waals surface area (Å²) in [6.07, 6.45) is 0.951. The van der Waals surface area contributed by atoms with Crippen LogP contribution in [-0.2, 0) is 23.3 Å². The van der Waals surface area contributed by atoms with Gasteiger partial charge in [0, 0.05) is 22.7 Å². The van der Waals surface area contributed by atoms with Crippen LogP contribution in [0.15, 0.2) is 72.8 Å². The molecule has 2 aliphatic heterocycles. The highest BCUT2D eigenvalue weighted by Gasteiger charge is 2.52. The molecule has 0 saturated carbocycles. The van der Waals surface area contributed by atoms with E-state index in [0.717, 1.165) is 39.9 Å². The van der Waals surface area contributed by atoms with Gasteiger partial charge in [-0.3, -0.25) is 0 Å². The van der Waals surface area contributed by atoms with E-state index in [1.807, 2.05) is 0 Å². The lowest BCUT2D eigenvalue weighted by Crippen LogP contribution is -2.41. The Balaban J connectivity index is 1.46. The minimum absolute atomic E-state index is 0.0131. The minimum Gasteiger partial charge on any atom is -0.426 e. The molecular weight excluding hydrogens is 559 g/mol. The SMILES string of the molecule is CCC(C)(C)OB(C)c1ccc(N(c2ccc(B3OC(C)(C)C(C)(C)O3)cc2)c2ccc(B3OC(C)(C)C(C)(C)O3)cc2)cc1. The maximum absolute atomic E-state index is 6.36. The van der Waals surface area contributed by atoms with Crippen molar-refractivity contribution in [1.29, 1.82) is 0 Å². The van der Waals surface area contributed by atoms with E-state index in [-0.39, 0.29) is 12.5 Å². The second-order valence-corrected chi connectivity index (χ2v) is 15.2. The van der Waals surface area contributed by atoms with Crippen molar-refractivity contribution in [3.05, 3.63) is 72.8 Å². The fraction of sp³-hybridized carbons (Fsp3) is 0.500. The fourth-order valence-corrected chi connectivity index (χ4v) is 5.49. The number of anilines is 3. The predicted octanol–water partition coefficient (Wildman–Crippen LogP) is 6.79. The van der Waals surface area contributed by atoms with Crippen LogP contribution in [0.5, 0.6) is 0 Å². The molecule has 5 rings (SSSR count). The quantitative estimate of drug-likeness (QED) is 0.249. The molecule has 0 atom stereocenters. The summed E-state index contributed by atoms with van der Waals surface area (Å²) in [7, 11) is -0.824. The number of benzene rings is 3. The zero-order valence-corrected chi connectivity index (χ0v) is 29.4. The lowest BCUT2D eigenvalue weighted by Gasteiger charge is -2.32. The molecule has 2 heterocycles. The summed E-state index contributed by atoms with van der Waals surface area (Å²) in [6, 6.07) is 25.6. The van der Waals surface area contributed by atoms with Crippen LogP contribution in [0.3, 0.4) is 0 Å². The summed E-state index contributed by atoms with van der Waals surface area (Å²) in [4.78, 5) is 2.26. The van der Waals surface area contributed by atoms with Crippen molar-refractivity contribution in [1.82, 2.24) is 0 Å². The average molecular weight is 609 g/mol. The highest BCUT2D eigenvalue weighted by atomic mass is 16.7. The van der Waals surface area contributed by atoms with Crippen LogP contribution < -0.4 is 21.3 Å². The molecule has 0 spiro atoms. The van der Waals surface area contributed by atoms with Gasteiger partial charge in [-0.25, -0.2) is 0 Å². The number of hydrogen-bond acceptors (Lipinski definition) is 6. The fourth-order valence-electron chi connectivity index (χ4n) is 5.49. The van der Waals surface area contributed by atoms with E-state index < -0.39 is 36.6 Å². The van der Waals surface area contributed by atoms with E-state index in [4.69, 9.17) is 23.3 Å². The first-order chi connectivity index (χ1) is 20.8. The molecule has 9 heteroatoms. The van der Waals surface area contributed by atoms with E-state index in [1.165, 1.54) is 0 Å². The van der Waals surface area contributed by atoms with Gasteiger partial charge in [-0.1, -0.05) is 50.1 Å². The molecule has 0 amide bonds. The van der Waals surface area contributed by atoms with Crippen molar-refractivity contribution in [2.75, 3.05) is 4.90 Å². The molecule has 3 aromatic carbocycles. The van der Waals surface area contributed by atoms with Crippen LogP contribution in [0.2, 0.25) is 6.82 Å². The first-order valence-electron chi connectivity index (χ1n) is 16.3. The molecule has 2 aliphatic rings. The van der Waals surface area contributed by atoms with Crippen molar-refractivity contribution < 1.29 is 23.3 Å². The molecule has 0 aromatic heterocycles. The molecule has 2 fully saturated rings. The Hall–Kier alpha value is -2.55. The smallest absolute Gasteiger partial charge is 0.426 e. The van der Waals surface area contributed by atoms with Crippen molar-refractivity contribution in [3.8, 4) is 0 Å². The van der Waals surface area contributed by atoms with Gasteiger partial charge >= 0.3 is 21.2 Å². The highest BCUT2D eigenvalue weighted by molar-refractivity contribution is 6.66. The third-order valence-electron chi connectivity index (χ3n) is 10.3. The van der Waals surface area contributed by atoms with E-state index >= 15 is 0 Å². The Kier molecular flexibility index (Phi) is 8.95. The summed E-state index contributed by atoms with van der Waals surface area (Å²) < 4.78 is 31.6. The third kappa shape index (κ3) is 6.79. The van der Waals surface area contributed by atoms with Crippen molar-refractivity contribution in [3.63, 3.8) is 0 Å². The normalized spacial score (nSPS) is 20.0. The van der Waals surface area contributed by atoms with Crippen LogP contribution in [-0.4, -0.2) is 49.2 Å². The van der Waals surface area contributed by atoms with Crippen LogP contribution in [0, 0.1) is 0 Å². The topological polar surface area (TPSA) is 49.4 Å². The summed E-state index contributed by atoms with van der Waals surface area (Å²) >= 11 is 0. The van der Waals surface area contributed by atoms with Crippen molar-refractivity contribution >= 4 is 54.6 Å². The standard InChI is InChI=1S/C36H50B3NO5/c1-13-32(2,3)41-37(12)26-14-20-29(21-15-26)40(30-22-16-27(17-23-30)38-42-33(4,5)34(6,7)43-38)31-24-18-28(19-25-31)39-44-35(8,9)36(10,11)45-39/h14-25H,13H2,1-12H3. The molecule has 0 bridgehead atoms. The van der Waals surface area contributed by atoms with E-state index in [9.17, 15) is 0 Å². The van der Waals surface area contributed by atoms with Crippen LogP contribution in [0.25, 0.3) is 0 Å². The zero-order chi connectivity index (χ0) is 33.0. The van der Waals surface area contributed by atoms with Gasteiger partial charge in [-0.2, -0.15) is 0 Å². The van der Waals surface area contributed by atoms with Crippen LogP contribution in [0.1, 0.15) is 82.6 Å². The lowest BCUT2D eigenvalue weighted by molar-refractivity contribution is 0.00578. The Morgan fingerprint density at radius 3 is 1.22 bits per heavy atom. The van der Waals surface area contributed by atoms with E-state index in [1.54, 1.807) is 0 Å². The molecule has 45 heavy (non-hydrogen) atoms. The van der Waals surface area contributed by atoms with Gasteiger partial charge in [-0.05, 0) is 128 Å². The second kappa shape index (κ2) is 11.9. The Labute approximate surface area is 272 Å². The second-order valence-electron chi connectivity index (χ2n) is 15.2. The summed E-state index contributed by atoms with van der Waals surface area (Å²) in [5.74, 6) is 0. The highest BCUT2D eigenvalue weighted by Crippen LogP contribution is 2.39. The largest absolute Gasteiger partial charge is 0.494 e. The first-order valence-corrected chi connectivity index (χ1v) is 16.3.